The van der Waals surface area contributed by atoms with Crippen molar-refractivity contribution in [1.82, 2.24) is 5.32 Å². The molecule has 4 heteroatoms. The summed E-state index contributed by atoms with van der Waals surface area (Å²) in [5.41, 5.74) is 0.573. The monoisotopic (exact) mass is 299 g/mol. The lowest BCUT2D eigenvalue weighted by molar-refractivity contribution is 0.143. The van der Waals surface area contributed by atoms with Gasteiger partial charge in [0.05, 0.1) is 6.61 Å². The second kappa shape index (κ2) is 6.00. The standard InChI is InChI=1S/C16H23ClFNO/c1-15(2,3)19-10-16(7-8-20-11-16)9-12-13(17)5-4-6-14(12)18/h4-6,19H,7-11H2,1-3H3. The van der Waals surface area contributed by atoms with Crippen molar-refractivity contribution in [2.45, 2.75) is 39.2 Å². The highest BCUT2D eigenvalue weighted by molar-refractivity contribution is 6.31. The molecule has 1 saturated heterocycles. The van der Waals surface area contributed by atoms with E-state index in [-0.39, 0.29) is 16.8 Å². The zero-order chi connectivity index (χ0) is 14.8. The van der Waals surface area contributed by atoms with E-state index < -0.39 is 0 Å². The lowest BCUT2D eigenvalue weighted by atomic mass is 9.80. The summed E-state index contributed by atoms with van der Waals surface area (Å²) < 4.78 is 19.6. The quantitative estimate of drug-likeness (QED) is 0.912. The van der Waals surface area contributed by atoms with Gasteiger partial charge < -0.3 is 10.1 Å². The Bertz CT molecular complexity index is 444. The van der Waals surface area contributed by atoms with Gasteiger partial charge in [-0.2, -0.15) is 0 Å². The molecule has 1 heterocycles. The van der Waals surface area contributed by atoms with E-state index >= 15 is 0 Å². The van der Waals surface area contributed by atoms with Gasteiger partial charge in [0.25, 0.3) is 0 Å². The minimum Gasteiger partial charge on any atom is -0.381 e. The smallest absolute Gasteiger partial charge is 0.127 e. The van der Waals surface area contributed by atoms with Gasteiger partial charge >= 0.3 is 0 Å². The molecule has 1 aliphatic rings. The Kier molecular flexibility index (Phi) is 4.73. The molecule has 1 aromatic rings. The van der Waals surface area contributed by atoms with E-state index in [2.05, 4.69) is 26.1 Å². The molecule has 1 aliphatic heterocycles. The Labute approximate surface area is 125 Å². The van der Waals surface area contributed by atoms with Gasteiger partial charge in [0.1, 0.15) is 5.82 Å². The van der Waals surface area contributed by atoms with E-state index in [4.69, 9.17) is 16.3 Å². The number of rotatable bonds is 4. The second-order valence-electron chi connectivity index (χ2n) is 6.78. The van der Waals surface area contributed by atoms with E-state index in [1.807, 2.05) is 0 Å². The Morgan fingerprint density at radius 3 is 2.70 bits per heavy atom. The molecule has 1 unspecified atom stereocenters. The van der Waals surface area contributed by atoms with Crippen molar-refractivity contribution in [3.05, 3.63) is 34.6 Å². The highest BCUT2D eigenvalue weighted by Gasteiger charge is 2.37. The number of halogens is 2. The molecule has 1 atom stereocenters. The first kappa shape index (κ1) is 15.7. The fraction of sp³-hybridized carbons (Fsp3) is 0.625. The van der Waals surface area contributed by atoms with Crippen molar-refractivity contribution in [1.29, 1.82) is 0 Å². The highest BCUT2D eigenvalue weighted by Crippen LogP contribution is 2.35. The first-order chi connectivity index (χ1) is 9.31. The van der Waals surface area contributed by atoms with Gasteiger partial charge in [-0.15, -0.1) is 0 Å². The Hall–Kier alpha value is -0.640. The third-order valence-electron chi connectivity index (χ3n) is 3.79. The van der Waals surface area contributed by atoms with E-state index in [1.54, 1.807) is 12.1 Å². The largest absolute Gasteiger partial charge is 0.381 e. The topological polar surface area (TPSA) is 21.3 Å². The molecule has 0 bridgehead atoms. The van der Waals surface area contributed by atoms with Gasteiger partial charge in [0.2, 0.25) is 0 Å². The molecule has 112 valence electrons. The van der Waals surface area contributed by atoms with Crippen molar-refractivity contribution in [2.75, 3.05) is 19.8 Å². The molecule has 1 aromatic carbocycles. The molecule has 2 nitrogen and oxygen atoms in total. The van der Waals surface area contributed by atoms with Crippen LogP contribution in [0.5, 0.6) is 0 Å². The highest BCUT2D eigenvalue weighted by atomic mass is 35.5. The van der Waals surface area contributed by atoms with Crippen LogP contribution >= 0.6 is 11.6 Å². The lowest BCUT2D eigenvalue weighted by Gasteiger charge is -2.32. The van der Waals surface area contributed by atoms with Crippen LogP contribution in [0.4, 0.5) is 4.39 Å². The number of benzene rings is 1. The van der Waals surface area contributed by atoms with Crippen LogP contribution in [0.15, 0.2) is 18.2 Å². The van der Waals surface area contributed by atoms with Crippen LogP contribution in [-0.2, 0) is 11.2 Å². The summed E-state index contributed by atoms with van der Waals surface area (Å²) in [6.07, 6.45) is 1.54. The van der Waals surface area contributed by atoms with Crippen molar-refractivity contribution < 1.29 is 9.13 Å². The van der Waals surface area contributed by atoms with E-state index in [0.717, 1.165) is 19.6 Å². The molecular formula is C16H23ClFNO. The van der Waals surface area contributed by atoms with Gasteiger partial charge in [0, 0.05) is 34.7 Å². The van der Waals surface area contributed by atoms with E-state index in [1.165, 1.54) is 6.07 Å². The van der Waals surface area contributed by atoms with E-state index in [9.17, 15) is 4.39 Å². The molecule has 0 amide bonds. The van der Waals surface area contributed by atoms with Crippen LogP contribution in [0.25, 0.3) is 0 Å². The van der Waals surface area contributed by atoms with Gasteiger partial charge in [-0.05, 0) is 45.7 Å². The Morgan fingerprint density at radius 2 is 2.15 bits per heavy atom. The zero-order valence-corrected chi connectivity index (χ0v) is 13.2. The number of nitrogens with one attached hydrogen (secondary N) is 1. The fourth-order valence-corrected chi connectivity index (χ4v) is 2.75. The fourth-order valence-electron chi connectivity index (χ4n) is 2.52. The van der Waals surface area contributed by atoms with Crippen molar-refractivity contribution in [3.63, 3.8) is 0 Å². The number of hydrogen-bond donors (Lipinski definition) is 1. The molecule has 0 spiro atoms. The molecule has 0 aromatic heterocycles. The first-order valence-corrected chi connectivity index (χ1v) is 7.45. The molecule has 1 N–H and O–H groups in total. The lowest BCUT2D eigenvalue weighted by Crippen LogP contribution is -2.45. The predicted molar refractivity (Wildman–Crippen MR) is 80.7 cm³/mol. The van der Waals surface area contributed by atoms with Crippen LogP contribution in [0.1, 0.15) is 32.8 Å². The summed E-state index contributed by atoms with van der Waals surface area (Å²) in [7, 11) is 0. The molecule has 20 heavy (non-hydrogen) atoms. The summed E-state index contributed by atoms with van der Waals surface area (Å²) in [5, 5.41) is 4.02. The van der Waals surface area contributed by atoms with E-state index in [0.29, 0.717) is 23.6 Å². The Balaban J connectivity index is 2.17. The zero-order valence-electron chi connectivity index (χ0n) is 12.4. The van der Waals surface area contributed by atoms with Crippen molar-refractivity contribution in [2.24, 2.45) is 5.41 Å². The van der Waals surface area contributed by atoms with Gasteiger partial charge in [-0.25, -0.2) is 4.39 Å². The summed E-state index contributed by atoms with van der Waals surface area (Å²) in [4.78, 5) is 0. The van der Waals surface area contributed by atoms with Crippen molar-refractivity contribution >= 4 is 11.6 Å². The van der Waals surface area contributed by atoms with Crippen LogP contribution in [0.2, 0.25) is 5.02 Å². The maximum atomic E-state index is 14.0. The maximum absolute atomic E-state index is 14.0. The molecule has 0 aliphatic carbocycles. The average Bonchev–Trinajstić information content (AvgIpc) is 2.80. The van der Waals surface area contributed by atoms with Gasteiger partial charge in [0.15, 0.2) is 0 Å². The third kappa shape index (κ3) is 3.94. The van der Waals surface area contributed by atoms with Crippen LogP contribution in [0.3, 0.4) is 0 Å². The van der Waals surface area contributed by atoms with Gasteiger partial charge in [-0.1, -0.05) is 17.7 Å². The van der Waals surface area contributed by atoms with Gasteiger partial charge in [-0.3, -0.25) is 0 Å². The molecule has 0 saturated carbocycles. The first-order valence-electron chi connectivity index (χ1n) is 7.07. The van der Waals surface area contributed by atoms with Crippen molar-refractivity contribution in [3.8, 4) is 0 Å². The minimum atomic E-state index is -0.223. The molecule has 0 radical (unpaired) electrons. The molecule has 2 rings (SSSR count). The summed E-state index contributed by atoms with van der Waals surface area (Å²) in [6, 6.07) is 4.87. The van der Waals surface area contributed by atoms with Crippen LogP contribution < -0.4 is 5.32 Å². The summed E-state index contributed by atoms with van der Waals surface area (Å²) in [6.45, 7) is 8.59. The predicted octanol–water partition coefficient (Wildman–Crippen LogP) is 3.82. The summed E-state index contributed by atoms with van der Waals surface area (Å²) in [5.74, 6) is -0.223. The number of hydrogen-bond acceptors (Lipinski definition) is 2. The second-order valence-corrected chi connectivity index (χ2v) is 7.19. The Morgan fingerprint density at radius 1 is 1.40 bits per heavy atom. The average molecular weight is 300 g/mol. The maximum Gasteiger partial charge on any atom is 0.127 e. The normalized spacial score (nSPS) is 23.2. The minimum absolute atomic E-state index is 0.0363. The SMILES string of the molecule is CC(C)(C)NCC1(Cc2c(F)cccc2Cl)CCOC1. The third-order valence-corrected chi connectivity index (χ3v) is 4.15. The summed E-state index contributed by atoms with van der Waals surface area (Å²) >= 11 is 6.16. The van der Waals surface area contributed by atoms with Crippen LogP contribution in [0, 0.1) is 11.2 Å². The molecular weight excluding hydrogens is 277 g/mol. The molecule has 1 fully saturated rings. The number of ether oxygens (including phenoxy) is 1. The van der Waals surface area contributed by atoms with Crippen LogP contribution in [-0.4, -0.2) is 25.3 Å².